The molecule has 1 unspecified atom stereocenters. The van der Waals surface area contributed by atoms with Crippen LogP contribution in [0.3, 0.4) is 0 Å². The first-order chi connectivity index (χ1) is 12.3. The van der Waals surface area contributed by atoms with E-state index in [-0.39, 0.29) is 27.7 Å². The summed E-state index contributed by atoms with van der Waals surface area (Å²) in [7, 11) is -3.86. The van der Waals surface area contributed by atoms with E-state index < -0.39 is 28.0 Å². The number of hydrogen-bond donors (Lipinski definition) is 1. The largest absolute Gasteiger partial charge is 0.408 e. The van der Waals surface area contributed by atoms with Crippen LogP contribution in [-0.2, 0) is 16.4 Å². The van der Waals surface area contributed by atoms with Crippen molar-refractivity contribution in [3.8, 4) is 10.4 Å². The summed E-state index contributed by atoms with van der Waals surface area (Å²) in [6.45, 7) is 2.25. The molecule has 11 heteroatoms. The van der Waals surface area contributed by atoms with E-state index >= 15 is 0 Å². The number of alkyl halides is 3. The SMILES string of the molecule is Cc1nc(N)sc1-c1cc2c(c(S(C)(=O)=O)c1)C(=O)N(C(C)C(F)(F)F)C2. The molecule has 2 aromatic rings. The maximum Gasteiger partial charge on any atom is 0.408 e. The number of benzene rings is 1. The summed E-state index contributed by atoms with van der Waals surface area (Å²) in [4.78, 5) is 17.6. The molecule has 1 amide bonds. The van der Waals surface area contributed by atoms with Crippen molar-refractivity contribution >= 4 is 32.2 Å². The zero-order chi connectivity index (χ0) is 20.3. The molecule has 2 heterocycles. The Balaban J connectivity index is 2.20. The number of rotatable bonds is 3. The minimum Gasteiger partial charge on any atom is -0.375 e. The quantitative estimate of drug-likeness (QED) is 0.826. The van der Waals surface area contributed by atoms with E-state index in [1.165, 1.54) is 12.1 Å². The molecular weight excluding hydrogens is 403 g/mol. The average Bonchev–Trinajstić information content (AvgIpc) is 3.03. The number of carbonyl (C=O) groups excluding carboxylic acids is 1. The van der Waals surface area contributed by atoms with Crippen molar-refractivity contribution in [2.75, 3.05) is 12.0 Å². The molecule has 0 saturated carbocycles. The molecule has 1 aliphatic rings. The van der Waals surface area contributed by atoms with E-state index in [4.69, 9.17) is 5.73 Å². The molecule has 2 N–H and O–H groups in total. The highest BCUT2D eigenvalue weighted by Crippen LogP contribution is 2.39. The molecule has 1 aliphatic heterocycles. The van der Waals surface area contributed by atoms with Gasteiger partial charge in [0.15, 0.2) is 15.0 Å². The Labute approximate surface area is 157 Å². The number of nitrogen functional groups attached to an aromatic ring is 1. The van der Waals surface area contributed by atoms with Gasteiger partial charge in [-0.1, -0.05) is 11.3 Å². The molecular formula is C16H16F3N3O3S2. The smallest absolute Gasteiger partial charge is 0.375 e. The maximum atomic E-state index is 13.1. The highest BCUT2D eigenvalue weighted by molar-refractivity contribution is 7.90. The van der Waals surface area contributed by atoms with Gasteiger partial charge in [0, 0.05) is 12.8 Å². The summed E-state index contributed by atoms with van der Waals surface area (Å²) in [6.07, 6.45) is -3.70. The summed E-state index contributed by atoms with van der Waals surface area (Å²) in [5.74, 6) is -0.942. The average molecular weight is 419 g/mol. The van der Waals surface area contributed by atoms with E-state index in [9.17, 15) is 26.4 Å². The van der Waals surface area contributed by atoms with Gasteiger partial charge in [-0.25, -0.2) is 13.4 Å². The molecule has 27 heavy (non-hydrogen) atoms. The number of anilines is 1. The Morgan fingerprint density at radius 1 is 1.33 bits per heavy atom. The Morgan fingerprint density at radius 3 is 2.44 bits per heavy atom. The topological polar surface area (TPSA) is 93.4 Å². The lowest BCUT2D eigenvalue weighted by molar-refractivity contribution is -0.172. The van der Waals surface area contributed by atoms with Gasteiger partial charge in [-0.15, -0.1) is 0 Å². The van der Waals surface area contributed by atoms with Crippen LogP contribution in [-0.4, -0.2) is 42.7 Å². The van der Waals surface area contributed by atoms with Crippen molar-refractivity contribution in [2.24, 2.45) is 0 Å². The van der Waals surface area contributed by atoms with Crippen molar-refractivity contribution < 1.29 is 26.4 Å². The highest BCUT2D eigenvalue weighted by atomic mass is 32.2. The number of carbonyl (C=O) groups is 1. The van der Waals surface area contributed by atoms with Gasteiger partial charge in [0.25, 0.3) is 5.91 Å². The van der Waals surface area contributed by atoms with E-state index in [1.807, 2.05) is 0 Å². The number of hydrogen-bond acceptors (Lipinski definition) is 6. The fourth-order valence-corrected chi connectivity index (χ4v) is 4.79. The maximum absolute atomic E-state index is 13.1. The lowest BCUT2D eigenvalue weighted by atomic mass is 10.0. The number of thiazole rings is 1. The normalized spacial score (nSPS) is 15.9. The number of halogens is 3. The van der Waals surface area contributed by atoms with Gasteiger partial charge in [-0.05, 0) is 37.1 Å². The Bertz CT molecular complexity index is 1050. The van der Waals surface area contributed by atoms with Gasteiger partial charge in [0.1, 0.15) is 6.04 Å². The minimum atomic E-state index is -4.62. The number of aryl methyl sites for hydroxylation is 1. The second kappa shape index (κ2) is 6.20. The highest BCUT2D eigenvalue weighted by Gasteiger charge is 2.46. The second-order valence-corrected chi connectivity index (χ2v) is 9.41. The fraction of sp³-hybridized carbons (Fsp3) is 0.375. The molecule has 1 aromatic carbocycles. The molecule has 0 spiro atoms. The predicted molar refractivity (Wildman–Crippen MR) is 95.2 cm³/mol. The standard InChI is InChI=1S/C16H16F3N3O3S2/c1-7-13(26-15(20)21-7)9-4-10-6-22(8(2)16(17,18)19)14(23)12(10)11(5-9)27(3,24)25/h4-5,8H,6H2,1-3H3,(H2,20,21). The van der Waals surface area contributed by atoms with Crippen LogP contribution in [0.1, 0.15) is 28.5 Å². The van der Waals surface area contributed by atoms with Gasteiger partial charge in [0.2, 0.25) is 0 Å². The Morgan fingerprint density at radius 2 is 1.96 bits per heavy atom. The van der Waals surface area contributed by atoms with Crippen LogP contribution in [0.15, 0.2) is 17.0 Å². The van der Waals surface area contributed by atoms with E-state index in [2.05, 4.69) is 4.98 Å². The number of nitrogens with zero attached hydrogens (tertiary/aromatic N) is 2. The van der Waals surface area contributed by atoms with Crippen molar-refractivity contribution in [3.63, 3.8) is 0 Å². The minimum absolute atomic E-state index is 0.201. The number of nitrogens with two attached hydrogens (primary N) is 1. The number of sulfone groups is 1. The molecule has 0 aliphatic carbocycles. The molecule has 0 fully saturated rings. The van der Waals surface area contributed by atoms with Crippen LogP contribution < -0.4 is 5.73 Å². The molecule has 0 saturated heterocycles. The third-order valence-electron chi connectivity index (χ3n) is 4.42. The Hall–Kier alpha value is -2.14. The van der Waals surface area contributed by atoms with Gasteiger partial charge >= 0.3 is 6.18 Å². The van der Waals surface area contributed by atoms with Gasteiger partial charge in [-0.3, -0.25) is 4.79 Å². The summed E-state index contributed by atoms with van der Waals surface area (Å²) >= 11 is 1.14. The van der Waals surface area contributed by atoms with Crippen molar-refractivity contribution in [3.05, 3.63) is 29.0 Å². The lowest BCUT2D eigenvalue weighted by Crippen LogP contribution is -2.43. The van der Waals surface area contributed by atoms with Crippen molar-refractivity contribution in [1.29, 1.82) is 0 Å². The van der Waals surface area contributed by atoms with Crippen LogP contribution in [0, 0.1) is 6.92 Å². The molecule has 0 radical (unpaired) electrons. The van der Waals surface area contributed by atoms with E-state index in [0.29, 0.717) is 21.0 Å². The van der Waals surface area contributed by atoms with Crippen LogP contribution in [0.5, 0.6) is 0 Å². The molecule has 146 valence electrons. The van der Waals surface area contributed by atoms with Crippen molar-refractivity contribution in [1.82, 2.24) is 9.88 Å². The summed E-state index contributed by atoms with van der Waals surface area (Å²) in [6, 6.07) is 0.799. The van der Waals surface area contributed by atoms with Crippen LogP contribution >= 0.6 is 11.3 Å². The number of fused-ring (bicyclic) bond motifs is 1. The first-order valence-corrected chi connectivity index (χ1v) is 10.5. The van der Waals surface area contributed by atoms with Gasteiger partial charge in [-0.2, -0.15) is 13.2 Å². The van der Waals surface area contributed by atoms with Crippen LogP contribution in [0.4, 0.5) is 18.3 Å². The van der Waals surface area contributed by atoms with Crippen molar-refractivity contribution in [2.45, 2.75) is 37.5 Å². The molecule has 6 nitrogen and oxygen atoms in total. The summed E-state index contributed by atoms with van der Waals surface area (Å²) in [5.41, 5.74) is 6.75. The summed E-state index contributed by atoms with van der Waals surface area (Å²) < 4.78 is 63.8. The number of amides is 1. The van der Waals surface area contributed by atoms with Crippen LogP contribution in [0.25, 0.3) is 10.4 Å². The number of aromatic nitrogens is 1. The second-order valence-electron chi connectivity index (χ2n) is 6.40. The Kier molecular flexibility index (Phi) is 4.50. The van der Waals surface area contributed by atoms with E-state index in [1.54, 1.807) is 6.92 Å². The monoisotopic (exact) mass is 419 g/mol. The molecule has 1 atom stereocenters. The fourth-order valence-electron chi connectivity index (χ4n) is 3.04. The zero-order valence-corrected chi connectivity index (χ0v) is 16.2. The zero-order valence-electron chi connectivity index (χ0n) is 14.6. The predicted octanol–water partition coefficient (Wildman–Crippen LogP) is 3.01. The lowest BCUT2D eigenvalue weighted by Gasteiger charge is -2.26. The third kappa shape index (κ3) is 3.41. The van der Waals surface area contributed by atoms with E-state index in [0.717, 1.165) is 24.5 Å². The first-order valence-electron chi connectivity index (χ1n) is 7.78. The first kappa shape index (κ1) is 19.6. The third-order valence-corrected chi connectivity index (χ3v) is 6.57. The van der Waals surface area contributed by atoms with Crippen LogP contribution in [0.2, 0.25) is 0 Å². The molecule has 3 rings (SSSR count). The van der Waals surface area contributed by atoms with Gasteiger partial charge in [0.05, 0.1) is 21.0 Å². The molecule has 0 bridgehead atoms. The van der Waals surface area contributed by atoms with Gasteiger partial charge < -0.3 is 10.6 Å². The summed E-state index contributed by atoms with van der Waals surface area (Å²) in [5, 5.41) is 0.285. The molecule has 1 aromatic heterocycles.